The van der Waals surface area contributed by atoms with Gasteiger partial charge in [0.2, 0.25) is 5.91 Å². The molecular formula is C29H39N5O2. The molecule has 3 aromatic rings. The van der Waals surface area contributed by atoms with Gasteiger partial charge in [0, 0.05) is 23.7 Å². The molecule has 0 radical (unpaired) electrons. The number of para-hydroxylation sites is 1. The zero-order valence-electron chi connectivity index (χ0n) is 22.6. The van der Waals surface area contributed by atoms with Crippen LogP contribution in [0.4, 0.5) is 16.3 Å². The average molecular weight is 490 g/mol. The predicted octanol–water partition coefficient (Wildman–Crippen LogP) is 6.31. The third-order valence-corrected chi connectivity index (χ3v) is 5.98. The van der Waals surface area contributed by atoms with Crippen molar-refractivity contribution in [1.82, 2.24) is 14.7 Å². The summed E-state index contributed by atoms with van der Waals surface area (Å²) in [6, 6.07) is 17.2. The van der Waals surface area contributed by atoms with E-state index in [2.05, 4.69) is 45.3 Å². The highest BCUT2D eigenvalue weighted by Crippen LogP contribution is 2.26. The van der Waals surface area contributed by atoms with Gasteiger partial charge < -0.3 is 15.5 Å². The van der Waals surface area contributed by atoms with Crippen molar-refractivity contribution >= 4 is 23.4 Å². The van der Waals surface area contributed by atoms with Crippen molar-refractivity contribution in [3.8, 4) is 5.69 Å². The molecule has 7 nitrogen and oxygen atoms in total. The van der Waals surface area contributed by atoms with Crippen LogP contribution in [-0.4, -0.2) is 39.7 Å². The van der Waals surface area contributed by atoms with Gasteiger partial charge in [-0.15, -0.1) is 0 Å². The van der Waals surface area contributed by atoms with Gasteiger partial charge in [0.15, 0.2) is 0 Å². The molecule has 0 aliphatic rings. The smallest absolute Gasteiger partial charge is 0.315 e. The van der Waals surface area contributed by atoms with Crippen molar-refractivity contribution in [3.05, 3.63) is 71.4 Å². The number of nitrogens with zero attached hydrogens (tertiary/aromatic N) is 3. The van der Waals surface area contributed by atoms with Crippen LogP contribution < -0.4 is 10.6 Å². The second-order valence-corrected chi connectivity index (χ2v) is 10.8. The predicted molar refractivity (Wildman–Crippen MR) is 147 cm³/mol. The number of hydrogen-bond donors (Lipinski definition) is 2. The fourth-order valence-electron chi connectivity index (χ4n) is 3.72. The molecule has 0 aliphatic heterocycles. The van der Waals surface area contributed by atoms with Crippen molar-refractivity contribution in [2.75, 3.05) is 23.7 Å². The Balaban J connectivity index is 1.83. The molecule has 3 rings (SSSR count). The molecule has 0 unspecified atom stereocenters. The van der Waals surface area contributed by atoms with Crippen LogP contribution in [0.3, 0.4) is 0 Å². The molecule has 1 aromatic heterocycles. The van der Waals surface area contributed by atoms with E-state index in [1.54, 1.807) is 9.58 Å². The summed E-state index contributed by atoms with van der Waals surface area (Å²) in [7, 11) is 0. The fourth-order valence-corrected chi connectivity index (χ4v) is 3.72. The number of aryl methyl sites for hydroxylation is 2. The first-order valence-corrected chi connectivity index (χ1v) is 12.5. The largest absolute Gasteiger partial charge is 0.322 e. The number of aromatic nitrogens is 2. The minimum absolute atomic E-state index is 0.0612. The lowest BCUT2D eigenvalue weighted by Gasteiger charge is -2.24. The summed E-state index contributed by atoms with van der Waals surface area (Å²) in [6.45, 7) is 14.9. The maximum Gasteiger partial charge on any atom is 0.322 e. The third kappa shape index (κ3) is 7.20. The van der Waals surface area contributed by atoms with Gasteiger partial charge in [0.05, 0.1) is 11.4 Å². The van der Waals surface area contributed by atoms with E-state index >= 15 is 0 Å². The Kier molecular flexibility index (Phi) is 8.56. The van der Waals surface area contributed by atoms with Crippen LogP contribution >= 0.6 is 0 Å². The summed E-state index contributed by atoms with van der Waals surface area (Å²) in [5.74, 6) is 0.713. The van der Waals surface area contributed by atoms with E-state index in [-0.39, 0.29) is 23.9 Å². The van der Waals surface area contributed by atoms with Crippen molar-refractivity contribution in [2.45, 2.75) is 60.3 Å². The monoisotopic (exact) mass is 489 g/mol. The van der Waals surface area contributed by atoms with E-state index in [1.807, 2.05) is 68.4 Å². The Labute approximate surface area is 214 Å². The highest BCUT2D eigenvalue weighted by Gasteiger charge is 2.23. The minimum atomic E-state index is -0.289. The molecule has 1 heterocycles. The van der Waals surface area contributed by atoms with E-state index in [4.69, 9.17) is 5.10 Å². The van der Waals surface area contributed by atoms with Crippen molar-refractivity contribution in [1.29, 1.82) is 0 Å². The molecule has 2 aromatic carbocycles. The van der Waals surface area contributed by atoms with Crippen LogP contribution in [0.25, 0.3) is 5.69 Å². The Bertz CT molecular complexity index is 1210. The second kappa shape index (κ2) is 11.4. The topological polar surface area (TPSA) is 79.3 Å². The molecular weight excluding hydrogens is 450 g/mol. The van der Waals surface area contributed by atoms with Gasteiger partial charge in [-0.2, -0.15) is 5.10 Å². The Hall–Kier alpha value is -3.61. The SMILES string of the molecule is Cc1cccc(-n2nc(C(C)(C)C)cc2NC(=O)CN(CCC(C)C)C(=O)Nc2ccccc2C)c1. The number of urea groups is 1. The number of hydrogen-bond acceptors (Lipinski definition) is 3. The standard InChI is InChI=1S/C29H39N5O2/c1-20(2)15-16-33(28(36)30-24-14-9-8-12-22(24)4)19-27(35)31-26-18-25(29(5,6)7)32-34(26)23-13-10-11-21(3)17-23/h8-14,17-18,20H,15-16,19H2,1-7H3,(H,30,36)(H,31,35). The van der Waals surface area contributed by atoms with Gasteiger partial charge in [-0.05, 0) is 55.5 Å². The normalized spacial score (nSPS) is 11.4. The van der Waals surface area contributed by atoms with Gasteiger partial charge in [-0.3, -0.25) is 4.79 Å². The lowest BCUT2D eigenvalue weighted by molar-refractivity contribution is -0.116. The lowest BCUT2D eigenvalue weighted by atomic mass is 9.92. The van der Waals surface area contributed by atoms with Crippen molar-refractivity contribution < 1.29 is 9.59 Å². The summed E-state index contributed by atoms with van der Waals surface area (Å²) in [5, 5.41) is 10.8. The van der Waals surface area contributed by atoms with Crippen LogP contribution in [0.15, 0.2) is 54.6 Å². The van der Waals surface area contributed by atoms with Crippen LogP contribution in [0.2, 0.25) is 0 Å². The zero-order valence-corrected chi connectivity index (χ0v) is 22.6. The number of benzene rings is 2. The zero-order chi connectivity index (χ0) is 26.5. The molecule has 2 N–H and O–H groups in total. The molecule has 0 bridgehead atoms. The van der Waals surface area contributed by atoms with Crippen LogP contribution in [0, 0.1) is 19.8 Å². The number of rotatable bonds is 8. The molecule has 0 atom stereocenters. The van der Waals surface area contributed by atoms with E-state index in [0.717, 1.165) is 34.6 Å². The maximum absolute atomic E-state index is 13.2. The quantitative estimate of drug-likeness (QED) is 0.389. The van der Waals surface area contributed by atoms with Crippen LogP contribution in [0.5, 0.6) is 0 Å². The van der Waals surface area contributed by atoms with E-state index < -0.39 is 0 Å². The van der Waals surface area contributed by atoms with E-state index in [0.29, 0.717) is 18.3 Å². The maximum atomic E-state index is 13.2. The summed E-state index contributed by atoms with van der Waals surface area (Å²) >= 11 is 0. The van der Waals surface area contributed by atoms with E-state index in [1.165, 1.54) is 0 Å². The summed E-state index contributed by atoms with van der Waals surface area (Å²) in [6.07, 6.45) is 0.796. The molecule has 0 saturated heterocycles. The van der Waals surface area contributed by atoms with Gasteiger partial charge in [0.25, 0.3) is 0 Å². The average Bonchev–Trinajstić information content (AvgIpc) is 3.22. The number of nitrogens with one attached hydrogen (secondary N) is 2. The molecule has 0 spiro atoms. The molecule has 0 aliphatic carbocycles. The van der Waals surface area contributed by atoms with Gasteiger partial charge in [-0.1, -0.05) is 65.0 Å². The molecule has 192 valence electrons. The van der Waals surface area contributed by atoms with Gasteiger partial charge >= 0.3 is 6.03 Å². The van der Waals surface area contributed by atoms with Gasteiger partial charge in [0.1, 0.15) is 12.4 Å². The molecule has 7 heteroatoms. The highest BCUT2D eigenvalue weighted by molar-refractivity contribution is 5.97. The highest BCUT2D eigenvalue weighted by atomic mass is 16.2. The summed E-state index contributed by atoms with van der Waals surface area (Å²) < 4.78 is 1.76. The van der Waals surface area contributed by atoms with Crippen molar-refractivity contribution in [3.63, 3.8) is 0 Å². The van der Waals surface area contributed by atoms with Crippen molar-refractivity contribution in [2.24, 2.45) is 5.92 Å². The second-order valence-electron chi connectivity index (χ2n) is 10.8. The third-order valence-electron chi connectivity index (χ3n) is 5.98. The fraction of sp³-hybridized carbons (Fsp3) is 0.414. The van der Waals surface area contributed by atoms with Crippen LogP contribution in [-0.2, 0) is 10.2 Å². The number of amides is 3. The Morgan fingerprint density at radius 3 is 2.36 bits per heavy atom. The molecule has 0 fully saturated rings. The lowest BCUT2D eigenvalue weighted by Crippen LogP contribution is -2.41. The minimum Gasteiger partial charge on any atom is -0.315 e. The first-order chi connectivity index (χ1) is 16.9. The van der Waals surface area contributed by atoms with Crippen LogP contribution in [0.1, 0.15) is 57.9 Å². The first kappa shape index (κ1) is 27.0. The molecule has 0 saturated carbocycles. The summed E-state index contributed by atoms with van der Waals surface area (Å²) in [5.41, 5.74) is 4.36. The number of carbonyl (C=O) groups is 2. The number of carbonyl (C=O) groups excluding carboxylic acids is 2. The number of anilines is 2. The molecule has 36 heavy (non-hydrogen) atoms. The molecule has 3 amide bonds. The first-order valence-electron chi connectivity index (χ1n) is 12.5. The summed E-state index contributed by atoms with van der Waals surface area (Å²) in [4.78, 5) is 27.9. The Morgan fingerprint density at radius 2 is 1.72 bits per heavy atom. The Morgan fingerprint density at radius 1 is 1.00 bits per heavy atom. The van der Waals surface area contributed by atoms with Gasteiger partial charge in [-0.25, -0.2) is 9.48 Å². The van der Waals surface area contributed by atoms with E-state index in [9.17, 15) is 9.59 Å².